The first-order valence-corrected chi connectivity index (χ1v) is 5.76. The number of rotatable bonds is 3. The van der Waals surface area contributed by atoms with E-state index in [4.69, 9.17) is 5.26 Å². The number of nitriles is 1. The van der Waals surface area contributed by atoms with Crippen molar-refractivity contribution in [2.75, 3.05) is 6.54 Å². The summed E-state index contributed by atoms with van der Waals surface area (Å²) < 4.78 is 0. The van der Waals surface area contributed by atoms with Crippen LogP contribution in [0, 0.1) is 11.3 Å². The lowest BCUT2D eigenvalue weighted by molar-refractivity contribution is -0.123. The number of hydrogen-bond acceptors (Lipinski definition) is 3. The van der Waals surface area contributed by atoms with Crippen LogP contribution < -0.4 is 10.6 Å². The van der Waals surface area contributed by atoms with Gasteiger partial charge < -0.3 is 10.6 Å². The molecule has 1 aromatic rings. The van der Waals surface area contributed by atoms with Crippen LogP contribution in [0.15, 0.2) is 24.3 Å². The fraction of sp³-hybridized carbons (Fsp3) is 0.385. The van der Waals surface area contributed by atoms with Crippen molar-refractivity contribution in [3.05, 3.63) is 35.4 Å². The molecular weight excluding hydrogens is 214 g/mol. The van der Waals surface area contributed by atoms with Crippen LogP contribution in [0.4, 0.5) is 0 Å². The number of nitrogens with one attached hydrogen (secondary N) is 2. The van der Waals surface area contributed by atoms with E-state index in [1.807, 2.05) is 18.2 Å². The molecule has 4 nitrogen and oxygen atoms in total. The van der Waals surface area contributed by atoms with Crippen LogP contribution in [-0.4, -0.2) is 18.5 Å². The van der Waals surface area contributed by atoms with Crippen molar-refractivity contribution in [3.8, 4) is 6.07 Å². The van der Waals surface area contributed by atoms with Gasteiger partial charge in [0, 0.05) is 13.1 Å². The minimum Gasteiger partial charge on any atom is -0.354 e. The topological polar surface area (TPSA) is 64.9 Å². The van der Waals surface area contributed by atoms with Crippen molar-refractivity contribution in [3.63, 3.8) is 0 Å². The Morgan fingerprint density at radius 1 is 1.47 bits per heavy atom. The van der Waals surface area contributed by atoms with Gasteiger partial charge in [-0.05, 0) is 17.5 Å². The van der Waals surface area contributed by atoms with Crippen LogP contribution in [-0.2, 0) is 17.8 Å². The zero-order valence-electron chi connectivity index (χ0n) is 9.57. The van der Waals surface area contributed by atoms with Crippen molar-refractivity contribution in [2.45, 2.75) is 25.4 Å². The lowest BCUT2D eigenvalue weighted by atomic mass is 9.95. The standard InChI is InChI=1S/C13H15N3O/c14-6-3-7-15-13(17)12-8-10-4-1-2-5-11(10)9-16-12/h1-2,4-5,12,16H,3,7-9H2,(H,15,17)/t12-/m1/s1. The molecule has 0 aromatic heterocycles. The van der Waals surface area contributed by atoms with Gasteiger partial charge in [0.2, 0.25) is 5.91 Å². The van der Waals surface area contributed by atoms with Crippen molar-refractivity contribution >= 4 is 5.91 Å². The first kappa shape index (κ1) is 11.6. The third-order valence-corrected chi connectivity index (χ3v) is 2.93. The Morgan fingerprint density at radius 2 is 2.24 bits per heavy atom. The average molecular weight is 229 g/mol. The van der Waals surface area contributed by atoms with Crippen LogP contribution in [0.5, 0.6) is 0 Å². The highest BCUT2D eigenvalue weighted by molar-refractivity contribution is 5.82. The van der Waals surface area contributed by atoms with Gasteiger partial charge in [-0.15, -0.1) is 0 Å². The van der Waals surface area contributed by atoms with Gasteiger partial charge >= 0.3 is 0 Å². The van der Waals surface area contributed by atoms with Gasteiger partial charge in [-0.3, -0.25) is 4.79 Å². The van der Waals surface area contributed by atoms with Crippen LogP contribution in [0.2, 0.25) is 0 Å². The molecule has 1 aliphatic heterocycles. The Labute approximate surface area is 101 Å². The van der Waals surface area contributed by atoms with Crippen LogP contribution in [0.25, 0.3) is 0 Å². The lowest BCUT2D eigenvalue weighted by Gasteiger charge is -2.25. The molecule has 1 heterocycles. The Balaban J connectivity index is 1.93. The molecule has 0 fully saturated rings. The summed E-state index contributed by atoms with van der Waals surface area (Å²) >= 11 is 0. The fourth-order valence-corrected chi connectivity index (χ4v) is 2.00. The van der Waals surface area contributed by atoms with Crippen molar-refractivity contribution in [1.29, 1.82) is 5.26 Å². The highest BCUT2D eigenvalue weighted by Crippen LogP contribution is 2.16. The predicted octanol–water partition coefficient (Wildman–Crippen LogP) is 0.731. The molecule has 88 valence electrons. The number of hydrogen-bond donors (Lipinski definition) is 2. The number of fused-ring (bicyclic) bond motifs is 1. The molecule has 0 aliphatic carbocycles. The Kier molecular flexibility index (Phi) is 3.73. The number of carbonyl (C=O) groups is 1. The molecule has 1 aromatic carbocycles. The molecule has 1 aliphatic rings. The summed E-state index contributed by atoms with van der Waals surface area (Å²) in [5, 5.41) is 14.4. The quantitative estimate of drug-likeness (QED) is 0.751. The van der Waals surface area contributed by atoms with Gasteiger partial charge in [0.25, 0.3) is 0 Å². The van der Waals surface area contributed by atoms with Gasteiger partial charge in [0.15, 0.2) is 0 Å². The summed E-state index contributed by atoms with van der Waals surface area (Å²) in [6, 6.07) is 9.97. The van der Waals surface area contributed by atoms with E-state index in [-0.39, 0.29) is 11.9 Å². The van der Waals surface area contributed by atoms with E-state index in [9.17, 15) is 4.79 Å². The summed E-state index contributed by atoms with van der Waals surface area (Å²) in [5.41, 5.74) is 2.49. The maximum Gasteiger partial charge on any atom is 0.237 e. The molecule has 0 radical (unpaired) electrons. The smallest absolute Gasteiger partial charge is 0.237 e. The van der Waals surface area contributed by atoms with Crippen LogP contribution in [0.3, 0.4) is 0 Å². The highest BCUT2D eigenvalue weighted by atomic mass is 16.2. The molecule has 0 saturated carbocycles. The van der Waals surface area contributed by atoms with Crippen LogP contribution in [0.1, 0.15) is 17.5 Å². The first-order valence-electron chi connectivity index (χ1n) is 5.76. The molecular formula is C13H15N3O. The molecule has 0 unspecified atom stereocenters. The number of nitrogens with zero attached hydrogens (tertiary/aromatic N) is 1. The maximum absolute atomic E-state index is 11.8. The number of benzene rings is 1. The van der Waals surface area contributed by atoms with E-state index in [0.717, 1.165) is 6.54 Å². The third kappa shape index (κ3) is 2.83. The Hall–Kier alpha value is -1.86. The van der Waals surface area contributed by atoms with E-state index in [2.05, 4.69) is 22.8 Å². The van der Waals surface area contributed by atoms with E-state index in [1.165, 1.54) is 11.1 Å². The summed E-state index contributed by atoms with van der Waals surface area (Å²) in [5.74, 6) is -0.0187. The van der Waals surface area contributed by atoms with Gasteiger partial charge in [0.05, 0.1) is 18.5 Å². The summed E-state index contributed by atoms with van der Waals surface area (Å²) in [6.07, 6.45) is 1.07. The fourth-order valence-electron chi connectivity index (χ4n) is 2.00. The average Bonchev–Trinajstić information content (AvgIpc) is 2.38. The van der Waals surface area contributed by atoms with Gasteiger partial charge in [-0.1, -0.05) is 24.3 Å². The van der Waals surface area contributed by atoms with E-state index in [1.54, 1.807) is 0 Å². The van der Waals surface area contributed by atoms with E-state index < -0.39 is 0 Å². The molecule has 4 heteroatoms. The predicted molar refractivity (Wildman–Crippen MR) is 64.0 cm³/mol. The third-order valence-electron chi connectivity index (χ3n) is 2.93. The SMILES string of the molecule is N#CCCNC(=O)[C@H]1Cc2ccccc2CN1. The molecule has 2 N–H and O–H groups in total. The van der Waals surface area contributed by atoms with Crippen LogP contribution >= 0.6 is 0 Å². The number of amides is 1. The number of carbonyl (C=O) groups excluding carboxylic acids is 1. The molecule has 2 rings (SSSR count). The van der Waals surface area contributed by atoms with Crippen molar-refractivity contribution in [2.24, 2.45) is 0 Å². The molecule has 1 atom stereocenters. The molecule has 17 heavy (non-hydrogen) atoms. The molecule has 0 spiro atoms. The lowest BCUT2D eigenvalue weighted by Crippen LogP contribution is -2.47. The molecule has 0 saturated heterocycles. The second-order valence-electron chi connectivity index (χ2n) is 4.11. The Bertz CT molecular complexity index is 450. The van der Waals surface area contributed by atoms with E-state index in [0.29, 0.717) is 19.4 Å². The zero-order valence-corrected chi connectivity index (χ0v) is 9.57. The summed E-state index contributed by atoms with van der Waals surface area (Å²) in [7, 11) is 0. The normalized spacial score (nSPS) is 17.9. The monoisotopic (exact) mass is 229 g/mol. The van der Waals surface area contributed by atoms with Crippen molar-refractivity contribution in [1.82, 2.24) is 10.6 Å². The second-order valence-corrected chi connectivity index (χ2v) is 4.11. The summed E-state index contributed by atoms with van der Waals surface area (Å²) in [6.45, 7) is 1.15. The van der Waals surface area contributed by atoms with E-state index >= 15 is 0 Å². The van der Waals surface area contributed by atoms with Gasteiger partial charge in [0.1, 0.15) is 0 Å². The largest absolute Gasteiger partial charge is 0.354 e. The molecule has 1 amide bonds. The minimum atomic E-state index is -0.177. The minimum absolute atomic E-state index is 0.0187. The highest BCUT2D eigenvalue weighted by Gasteiger charge is 2.23. The van der Waals surface area contributed by atoms with Crippen molar-refractivity contribution < 1.29 is 4.79 Å². The zero-order chi connectivity index (χ0) is 12.1. The second kappa shape index (κ2) is 5.46. The maximum atomic E-state index is 11.8. The summed E-state index contributed by atoms with van der Waals surface area (Å²) in [4.78, 5) is 11.8. The first-order chi connectivity index (χ1) is 8.31. The van der Waals surface area contributed by atoms with Gasteiger partial charge in [-0.2, -0.15) is 5.26 Å². The molecule has 0 bridgehead atoms. The van der Waals surface area contributed by atoms with Gasteiger partial charge in [-0.25, -0.2) is 0 Å². The Morgan fingerprint density at radius 3 is 3.00 bits per heavy atom.